The van der Waals surface area contributed by atoms with Crippen LogP contribution in [0, 0.1) is 0 Å². The number of fused-ring (bicyclic) bond motifs is 12. The summed E-state index contributed by atoms with van der Waals surface area (Å²) in [6, 6.07) is 52.5. The first-order valence-corrected chi connectivity index (χ1v) is 15.1. The van der Waals surface area contributed by atoms with Crippen LogP contribution in [-0.2, 0) is 0 Å². The number of anilines is 1. The van der Waals surface area contributed by atoms with Gasteiger partial charge in [0.1, 0.15) is 5.75 Å². The minimum absolute atomic E-state index is 0.200. The third-order valence-corrected chi connectivity index (χ3v) is 9.37. The lowest BCUT2D eigenvalue weighted by Gasteiger charge is -2.13. The van der Waals surface area contributed by atoms with Gasteiger partial charge in [0.2, 0.25) is 0 Å². The van der Waals surface area contributed by atoms with Gasteiger partial charge in [-0.1, -0.05) is 115 Å². The van der Waals surface area contributed by atoms with E-state index in [0.717, 1.165) is 22.7 Å². The zero-order valence-corrected chi connectivity index (χ0v) is 23.8. The van der Waals surface area contributed by atoms with Crippen LogP contribution >= 0.6 is 0 Å². The lowest BCUT2D eigenvalue weighted by molar-refractivity contribution is 0.260. The van der Waals surface area contributed by atoms with Crippen LogP contribution in [0.25, 0.3) is 70.6 Å². The smallest absolute Gasteiger partial charge is 0.196 e. The van der Waals surface area contributed by atoms with Gasteiger partial charge in [-0.15, -0.1) is 0 Å². The molecule has 1 unspecified atom stereocenters. The Morgan fingerprint density at radius 1 is 0.477 bits per heavy atom. The molecule has 0 aliphatic carbocycles. The van der Waals surface area contributed by atoms with Crippen molar-refractivity contribution < 1.29 is 4.74 Å². The number of rotatable bonds is 2. The number of hydrogen-bond acceptors (Lipinski definition) is 2. The van der Waals surface area contributed by atoms with Crippen molar-refractivity contribution in [3.63, 3.8) is 0 Å². The molecule has 0 saturated heterocycles. The summed E-state index contributed by atoms with van der Waals surface area (Å²) >= 11 is 0. The SMILES string of the molecule is c1ccc(C2Nc3c(ccc4ccc5cc(-n6c7ccc8ccccc8c7c7c8ccccc8ccc76)ccc5c34)O2)cc1. The molecule has 0 spiro atoms. The third-order valence-electron chi connectivity index (χ3n) is 9.37. The number of aromatic nitrogens is 1. The number of nitrogens with one attached hydrogen (secondary N) is 1. The zero-order chi connectivity index (χ0) is 28.8. The maximum atomic E-state index is 6.38. The fourth-order valence-corrected chi connectivity index (χ4v) is 7.40. The average molecular weight is 563 g/mol. The van der Waals surface area contributed by atoms with Crippen molar-refractivity contribution in [2.45, 2.75) is 6.23 Å². The number of hydrogen-bond donors (Lipinski definition) is 1. The summed E-state index contributed by atoms with van der Waals surface area (Å²) in [4.78, 5) is 0. The standard InChI is InChI=1S/C41H26N2O/c1-2-10-28(11-3-1)41-42-40-36(44-41)23-18-27-14-15-29-24-30(19-20-33(29)37(27)40)43-34-21-16-25-8-4-6-12-31(25)38(34)39-32-13-7-5-9-26(32)17-22-35(39)43/h1-24,41-42H. The molecule has 9 aromatic rings. The summed E-state index contributed by atoms with van der Waals surface area (Å²) in [6.45, 7) is 0. The lowest BCUT2D eigenvalue weighted by Crippen LogP contribution is -2.09. The molecule has 1 aromatic heterocycles. The van der Waals surface area contributed by atoms with Crippen LogP contribution in [0.3, 0.4) is 0 Å². The molecule has 8 aromatic carbocycles. The number of ether oxygens (including phenoxy) is 1. The summed E-state index contributed by atoms with van der Waals surface area (Å²) in [7, 11) is 0. The van der Waals surface area contributed by atoms with Crippen LogP contribution in [0.5, 0.6) is 5.75 Å². The fraction of sp³-hybridized carbons (Fsp3) is 0.0244. The van der Waals surface area contributed by atoms with Gasteiger partial charge in [0.15, 0.2) is 6.23 Å². The molecule has 0 bridgehead atoms. The Labute approximate surface area is 253 Å². The lowest BCUT2D eigenvalue weighted by atomic mass is 9.99. The Morgan fingerprint density at radius 3 is 1.80 bits per heavy atom. The highest BCUT2D eigenvalue weighted by molar-refractivity contribution is 6.28. The Hall–Kier alpha value is -5.80. The minimum Gasteiger partial charge on any atom is -0.464 e. The van der Waals surface area contributed by atoms with E-state index in [2.05, 4.69) is 149 Å². The van der Waals surface area contributed by atoms with Gasteiger partial charge < -0.3 is 14.6 Å². The number of nitrogens with zero attached hydrogens (tertiary/aromatic N) is 1. The predicted octanol–water partition coefficient (Wildman–Crippen LogP) is 10.9. The van der Waals surface area contributed by atoms with Crippen LogP contribution in [0.2, 0.25) is 0 Å². The van der Waals surface area contributed by atoms with Crippen molar-refractivity contribution in [1.29, 1.82) is 0 Å². The molecule has 0 fully saturated rings. The van der Waals surface area contributed by atoms with Crippen LogP contribution < -0.4 is 10.1 Å². The molecule has 3 nitrogen and oxygen atoms in total. The Balaban J connectivity index is 1.23. The van der Waals surface area contributed by atoms with Crippen LogP contribution in [0.15, 0.2) is 146 Å². The quantitative estimate of drug-likeness (QED) is 0.212. The maximum absolute atomic E-state index is 6.38. The molecular weight excluding hydrogens is 536 g/mol. The first-order chi connectivity index (χ1) is 21.8. The van der Waals surface area contributed by atoms with Crippen molar-refractivity contribution in [3.05, 3.63) is 151 Å². The Kier molecular flexibility index (Phi) is 4.77. The Morgan fingerprint density at radius 2 is 1.07 bits per heavy atom. The normalized spacial score (nSPS) is 14.5. The molecule has 1 atom stereocenters. The Bertz CT molecular complexity index is 2520. The monoisotopic (exact) mass is 562 g/mol. The van der Waals surface area contributed by atoms with E-state index in [0.29, 0.717) is 0 Å². The van der Waals surface area contributed by atoms with Crippen LogP contribution in [0.1, 0.15) is 11.8 Å². The molecule has 1 N–H and O–H groups in total. The van der Waals surface area contributed by atoms with Crippen molar-refractivity contribution in [2.75, 3.05) is 5.32 Å². The van der Waals surface area contributed by atoms with Crippen LogP contribution in [-0.4, -0.2) is 4.57 Å². The highest BCUT2D eigenvalue weighted by atomic mass is 16.5. The highest BCUT2D eigenvalue weighted by Gasteiger charge is 2.26. The molecular formula is C41H26N2O. The van der Waals surface area contributed by atoms with Gasteiger partial charge in [-0.05, 0) is 68.0 Å². The van der Waals surface area contributed by atoms with E-state index < -0.39 is 0 Å². The molecule has 0 amide bonds. The van der Waals surface area contributed by atoms with Crippen molar-refractivity contribution in [2.24, 2.45) is 0 Å². The predicted molar refractivity (Wildman–Crippen MR) is 184 cm³/mol. The first kappa shape index (κ1) is 23.7. The molecule has 3 heteroatoms. The van der Waals surface area contributed by atoms with Gasteiger partial charge in [-0.25, -0.2) is 0 Å². The maximum Gasteiger partial charge on any atom is 0.196 e. The fourth-order valence-electron chi connectivity index (χ4n) is 7.40. The van der Waals surface area contributed by atoms with Gasteiger partial charge in [-0.2, -0.15) is 0 Å². The topological polar surface area (TPSA) is 26.2 Å². The molecule has 44 heavy (non-hydrogen) atoms. The van der Waals surface area contributed by atoms with E-state index in [1.807, 2.05) is 6.07 Å². The van der Waals surface area contributed by atoms with Gasteiger partial charge in [0.25, 0.3) is 0 Å². The molecule has 1 aliphatic rings. The highest BCUT2D eigenvalue weighted by Crippen LogP contribution is 2.46. The van der Waals surface area contributed by atoms with Gasteiger partial charge in [0.05, 0.1) is 16.7 Å². The minimum atomic E-state index is -0.200. The summed E-state index contributed by atoms with van der Waals surface area (Å²) in [5, 5.41) is 16.2. The third kappa shape index (κ3) is 3.27. The van der Waals surface area contributed by atoms with Gasteiger partial charge in [-0.3, -0.25) is 0 Å². The summed E-state index contributed by atoms with van der Waals surface area (Å²) in [5.41, 5.74) is 5.77. The summed E-state index contributed by atoms with van der Waals surface area (Å²) in [5.74, 6) is 0.893. The second kappa shape index (κ2) is 8.85. The van der Waals surface area contributed by atoms with E-state index in [-0.39, 0.29) is 6.23 Å². The van der Waals surface area contributed by atoms with Crippen molar-refractivity contribution >= 4 is 70.6 Å². The zero-order valence-electron chi connectivity index (χ0n) is 23.8. The van der Waals surface area contributed by atoms with E-state index in [4.69, 9.17) is 4.74 Å². The van der Waals surface area contributed by atoms with Gasteiger partial charge in [0, 0.05) is 27.4 Å². The number of benzene rings is 8. The molecule has 2 heterocycles. The molecule has 0 saturated carbocycles. The van der Waals surface area contributed by atoms with E-state index >= 15 is 0 Å². The average Bonchev–Trinajstić information content (AvgIpc) is 3.68. The van der Waals surface area contributed by atoms with Crippen molar-refractivity contribution in [1.82, 2.24) is 4.57 Å². The molecule has 1 aliphatic heterocycles. The van der Waals surface area contributed by atoms with E-state index in [1.165, 1.54) is 64.9 Å². The second-order valence-electron chi connectivity index (χ2n) is 11.8. The van der Waals surface area contributed by atoms with Gasteiger partial charge >= 0.3 is 0 Å². The molecule has 10 rings (SSSR count). The molecule has 0 radical (unpaired) electrons. The first-order valence-electron chi connectivity index (χ1n) is 15.1. The van der Waals surface area contributed by atoms with Crippen LogP contribution in [0.4, 0.5) is 5.69 Å². The summed E-state index contributed by atoms with van der Waals surface area (Å²) < 4.78 is 8.82. The second-order valence-corrected chi connectivity index (χ2v) is 11.8. The largest absolute Gasteiger partial charge is 0.464 e. The summed E-state index contributed by atoms with van der Waals surface area (Å²) in [6.07, 6.45) is -0.200. The molecule has 206 valence electrons. The van der Waals surface area contributed by atoms with E-state index in [1.54, 1.807) is 0 Å². The van der Waals surface area contributed by atoms with Crippen molar-refractivity contribution in [3.8, 4) is 11.4 Å². The van der Waals surface area contributed by atoms with E-state index in [9.17, 15) is 0 Å².